The minimum absolute atomic E-state index is 0.178. The minimum Gasteiger partial charge on any atom is -0.338 e. The summed E-state index contributed by atoms with van der Waals surface area (Å²) in [4.78, 5) is 13.2. The van der Waals surface area contributed by atoms with Crippen molar-refractivity contribution in [2.75, 3.05) is 19.0 Å². The fraction of sp³-hybridized carbons (Fsp3) is 0.667. The first-order valence-electron chi connectivity index (χ1n) is 4.23. The molecular formula is C9H14ClNO. The van der Waals surface area contributed by atoms with Gasteiger partial charge in [-0.05, 0) is 13.3 Å². The topological polar surface area (TPSA) is 20.3 Å². The van der Waals surface area contributed by atoms with Crippen molar-refractivity contribution in [1.82, 2.24) is 4.90 Å². The highest BCUT2D eigenvalue weighted by Gasteiger charge is 2.14. The van der Waals surface area contributed by atoms with Gasteiger partial charge in [-0.25, -0.2) is 0 Å². The second-order valence-electron chi connectivity index (χ2n) is 3.09. The van der Waals surface area contributed by atoms with Crippen LogP contribution in [0.4, 0.5) is 0 Å². The summed E-state index contributed by atoms with van der Waals surface area (Å²) in [5, 5.41) is 0. The molecule has 1 amide bonds. The van der Waals surface area contributed by atoms with Crippen molar-refractivity contribution in [3.8, 4) is 0 Å². The summed E-state index contributed by atoms with van der Waals surface area (Å²) >= 11 is 5.49. The molecule has 0 aromatic carbocycles. The normalized spacial score (nSPS) is 17.5. The summed E-state index contributed by atoms with van der Waals surface area (Å²) in [5.41, 5.74) is 1.28. The molecule has 0 atom stereocenters. The van der Waals surface area contributed by atoms with Crippen LogP contribution in [0.15, 0.2) is 11.6 Å². The SMILES string of the molecule is CC1=CCCN(C(=O)CCCl)C1. The van der Waals surface area contributed by atoms with Crippen LogP contribution in [0.1, 0.15) is 19.8 Å². The maximum Gasteiger partial charge on any atom is 0.224 e. The molecule has 12 heavy (non-hydrogen) atoms. The lowest BCUT2D eigenvalue weighted by atomic mass is 10.1. The van der Waals surface area contributed by atoms with Crippen molar-refractivity contribution in [3.63, 3.8) is 0 Å². The van der Waals surface area contributed by atoms with E-state index in [1.54, 1.807) is 0 Å². The third-order valence-electron chi connectivity index (χ3n) is 1.99. The van der Waals surface area contributed by atoms with Gasteiger partial charge in [-0.15, -0.1) is 11.6 Å². The quantitative estimate of drug-likeness (QED) is 0.477. The number of carbonyl (C=O) groups is 1. The number of alkyl halides is 1. The van der Waals surface area contributed by atoms with E-state index in [-0.39, 0.29) is 5.91 Å². The van der Waals surface area contributed by atoms with Crippen LogP contribution in [0.2, 0.25) is 0 Å². The van der Waals surface area contributed by atoms with E-state index in [1.807, 2.05) is 4.90 Å². The Hall–Kier alpha value is -0.500. The predicted octanol–water partition coefficient (Wildman–Crippen LogP) is 1.79. The molecule has 0 saturated carbocycles. The molecule has 68 valence electrons. The standard InChI is InChI=1S/C9H14ClNO/c1-8-3-2-6-11(7-8)9(12)4-5-10/h3H,2,4-7H2,1H3. The van der Waals surface area contributed by atoms with Crippen LogP contribution in [0.25, 0.3) is 0 Å². The second-order valence-corrected chi connectivity index (χ2v) is 3.47. The van der Waals surface area contributed by atoms with E-state index in [0.29, 0.717) is 12.3 Å². The smallest absolute Gasteiger partial charge is 0.224 e. The Kier molecular flexibility index (Phi) is 3.60. The van der Waals surface area contributed by atoms with Gasteiger partial charge in [-0.2, -0.15) is 0 Å². The number of halogens is 1. The second kappa shape index (κ2) is 4.51. The zero-order valence-electron chi connectivity index (χ0n) is 7.35. The molecule has 0 aliphatic carbocycles. The average Bonchev–Trinajstić information content (AvgIpc) is 2.05. The van der Waals surface area contributed by atoms with E-state index >= 15 is 0 Å². The fourth-order valence-corrected chi connectivity index (χ4v) is 1.52. The van der Waals surface area contributed by atoms with Crippen molar-refractivity contribution >= 4 is 17.5 Å². The van der Waals surface area contributed by atoms with E-state index < -0.39 is 0 Å². The summed E-state index contributed by atoms with van der Waals surface area (Å²) in [6, 6.07) is 0. The molecule has 1 aliphatic heterocycles. The van der Waals surface area contributed by atoms with Crippen molar-refractivity contribution in [3.05, 3.63) is 11.6 Å². The fourth-order valence-electron chi connectivity index (χ4n) is 1.36. The number of nitrogens with zero attached hydrogens (tertiary/aromatic N) is 1. The highest BCUT2D eigenvalue weighted by atomic mass is 35.5. The Morgan fingerprint density at radius 3 is 3.08 bits per heavy atom. The molecule has 0 bridgehead atoms. The zero-order chi connectivity index (χ0) is 8.97. The Balaban J connectivity index is 2.43. The first-order chi connectivity index (χ1) is 5.74. The molecule has 2 nitrogen and oxygen atoms in total. The molecule has 0 spiro atoms. The number of amides is 1. The zero-order valence-corrected chi connectivity index (χ0v) is 8.10. The van der Waals surface area contributed by atoms with Crippen molar-refractivity contribution < 1.29 is 4.79 Å². The third-order valence-corrected chi connectivity index (χ3v) is 2.18. The van der Waals surface area contributed by atoms with Gasteiger partial charge in [0, 0.05) is 25.4 Å². The van der Waals surface area contributed by atoms with Gasteiger partial charge in [0.25, 0.3) is 0 Å². The van der Waals surface area contributed by atoms with E-state index in [4.69, 9.17) is 11.6 Å². The van der Waals surface area contributed by atoms with Crippen LogP contribution in [0.5, 0.6) is 0 Å². The van der Waals surface area contributed by atoms with Gasteiger partial charge in [0.05, 0.1) is 0 Å². The lowest BCUT2D eigenvalue weighted by Gasteiger charge is -2.25. The lowest BCUT2D eigenvalue weighted by molar-refractivity contribution is -0.130. The molecule has 0 aromatic rings. The van der Waals surface area contributed by atoms with Crippen LogP contribution in [0, 0.1) is 0 Å². The molecule has 1 rings (SSSR count). The molecule has 0 unspecified atom stereocenters. The molecule has 0 saturated heterocycles. The summed E-state index contributed by atoms with van der Waals surface area (Å²) < 4.78 is 0. The van der Waals surface area contributed by atoms with Crippen molar-refractivity contribution in [2.45, 2.75) is 19.8 Å². The van der Waals surface area contributed by atoms with Crippen LogP contribution < -0.4 is 0 Å². The van der Waals surface area contributed by atoms with Crippen LogP contribution in [-0.2, 0) is 4.79 Å². The number of carbonyl (C=O) groups excluding carboxylic acids is 1. The maximum absolute atomic E-state index is 11.4. The minimum atomic E-state index is 0.178. The molecule has 0 fully saturated rings. The van der Waals surface area contributed by atoms with Crippen LogP contribution in [-0.4, -0.2) is 29.8 Å². The van der Waals surface area contributed by atoms with Gasteiger partial charge < -0.3 is 4.90 Å². The monoisotopic (exact) mass is 187 g/mol. The highest BCUT2D eigenvalue weighted by Crippen LogP contribution is 2.09. The number of hydrogen-bond donors (Lipinski definition) is 0. The Morgan fingerprint density at radius 2 is 2.50 bits per heavy atom. The average molecular weight is 188 g/mol. The number of rotatable bonds is 2. The first kappa shape index (κ1) is 9.59. The van der Waals surface area contributed by atoms with Crippen LogP contribution in [0.3, 0.4) is 0 Å². The number of hydrogen-bond acceptors (Lipinski definition) is 1. The van der Waals surface area contributed by atoms with Crippen LogP contribution >= 0.6 is 11.6 Å². The van der Waals surface area contributed by atoms with Gasteiger partial charge in [-0.1, -0.05) is 11.6 Å². The Labute approximate surface area is 78.2 Å². The predicted molar refractivity (Wildman–Crippen MR) is 50.3 cm³/mol. The molecule has 1 heterocycles. The molecule has 0 aromatic heterocycles. The van der Waals surface area contributed by atoms with Crippen molar-refractivity contribution in [1.29, 1.82) is 0 Å². The van der Waals surface area contributed by atoms with E-state index in [9.17, 15) is 4.79 Å². The molecule has 1 aliphatic rings. The molecular weight excluding hydrogens is 174 g/mol. The summed E-state index contributed by atoms with van der Waals surface area (Å²) in [7, 11) is 0. The van der Waals surface area contributed by atoms with E-state index in [1.165, 1.54) is 5.57 Å². The first-order valence-corrected chi connectivity index (χ1v) is 4.77. The van der Waals surface area contributed by atoms with Gasteiger partial charge in [0.15, 0.2) is 0 Å². The maximum atomic E-state index is 11.4. The van der Waals surface area contributed by atoms with E-state index in [0.717, 1.165) is 19.5 Å². The van der Waals surface area contributed by atoms with E-state index in [2.05, 4.69) is 13.0 Å². The van der Waals surface area contributed by atoms with Gasteiger partial charge in [-0.3, -0.25) is 4.79 Å². The molecule has 3 heteroatoms. The summed E-state index contributed by atoms with van der Waals surface area (Å²) in [6.07, 6.45) is 3.64. The molecule has 0 radical (unpaired) electrons. The van der Waals surface area contributed by atoms with Gasteiger partial charge in [0.2, 0.25) is 5.91 Å². The van der Waals surface area contributed by atoms with Gasteiger partial charge >= 0.3 is 0 Å². The summed E-state index contributed by atoms with van der Waals surface area (Å²) in [6.45, 7) is 3.70. The summed E-state index contributed by atoms with van der Waals surface area (Å²) in [5.74, 6) is 0.607. The lowest BCUT2D eigenvalue weighted by Crippen LogP contribution is -2.35. The molecule has 0 N–H and O–H groups in total. The largest absolute Gasteiger partial charge is 0.338 e. The highest BCUT2D eigenvalue weighted by molar-refractivity contribution is 6.18. The third kappa shape index (κ3) is 2.52. The van der Waals surface area contributed by atoms with Crippen molar-refractivity contribution in [2.24, 2.45) is 0 Å². The Morgan fingerprint density at radius 1 is 1.75 bits per heavy atom. The Bertz CT molecular complexity index is 201. The van der Waals surface area contributed by atoms with Gasteiger partial charge in [0.1, 0.15) is 0 Å².